The van der Waals surface area contributed by atoms with E-state index in [1.165, 1.54) is 17.1 Å². The molecule has 1 atom stereocenters. The summed E-state index contributed by atoms with van der Waals surface area (Å²) in [6, 6.07) is 18.6. The van der Waals surface area contributed by atoms with Crippen molar-refractivity contribution in [1.29, 1.82) is 0 Å². The number of benzene rings is 2. The zero-order valence-corrected chi connectivity index (χ0v) is 30.3. The molecular weight excluding hydrogens is 720 g/mol. The smallest absolute Gasteiger partial charge is 0.356 e. The van der Waals surface area contributed by atoms with Gasteiger partial charge in [-0.1, -0.05) is 18.2 Å². The Morgan fingerprint density at radius 1 is 0.926 bits per heavy atom. The highest BCUT2D eigenvalue weighted by Crippen LogP contribution is 2.39. The highest BCUT2D eigenvalue weighted by molar-refractivity contribution is 5.92. The predicted octanol–water partition coefficient (Wildman–Crippen LogP) is 5.34. The molecule has 3 aliphatic heterocycles. The van der Waals surface area contributed by atoms with Gasteiger partial charge in [-0.25, -0.2) is 33.3 Å². The van der Waals surface area contributed by atoms with Gasteiger partial charge in [0.1, 0.15) is 29.4 Å². The highest BCUT2D eigenvalue weighted by atomic mass is 35.5. The SMILES string of the molecule is Cl.Nc1ncnc2c1n(-c1ccc(Oc3ccccc3)cc1)c(=O)n2[C@@H]1CCN(CCC2CCN(C3CN(c4cccnc4C(=O)O)C3)CC2)CC1(F)F. The fourth-order valence-corrected chi connectivity index (χ4v) is 8.05. The molecule has 3 aromatic heterocycles. The molecule has 0 radical (unpaired) electrons. The van der Waals surface area contributed by atoms with Crippen LogP contribution in [0.5, 0.6) is 11.5 Å². The molecule has 3 aliphatic rings. The van der Waals surface area contributed by atoms with E-state index in [4.69, 9.17) is 10.5 Å². The Labute approximate surface area is 316 Å². The molecule has 2 aromatic carbocycles. The van der Waals surface area contributed by atoms with E-state index in [1.807, 2.05) is 35.2 Å². The molecule has 5 aromatic rings. The number of nitrogens with zero attached hydrogens (tertiary/aromatic N) is 8. The summed E-state index contributed by atoms with van der Waals surface area (Å²) in [5.41, 5.74) is 7.03. The number of imidazole rings is 1. The number of piperidine rings is 2. The van der Waals surface area contributed by atoms with Gasteiger partial charge in [-0.3, -0.25) is 18.9 Å². The molecule has 0 bridgehead atoms. The van der Waals surface area contributed by atoms with Crippen molar-refractivity contribution >= 4 is 41.0 Å². The summed E-state index contributed by atoms with van der Waals surface area (Å²) in [7, 11) is 0. The van der Waals surface area contributed by atoms with Crippen LogP contribution in [0.2, 0.25) is 0 Å². The van der Waals surface area contributed by atoms with E-state index in [2.05, 4.69) is 24.8 Å². The van der Waals surface area contributed by atoms with E-state index in [0.29, 0.717) is 47.9 Å². The van der Waals surface area contributed by atoms with Gasteiger partial charge in [0.15, 0.2) is 17.2 Å². The molecule has 284 valence electrons. The molecular formula is C38H42ClF2N9O4. The van der Waals surface area contributed by atoms with E-state index in [-0.39, 0.29) is 41.5 Å². The molecule has 6 heterocycles. The first-order valence-corrected chi connectivity index (χ1v) is 18.0. The molecule has 0 spiro atoms. The Bertz CT molecular complexity index is 2150. The second-order valence-corrected chi connectivity index (χ2v) is 14.2. The minimum atomic E-state index is -3.19. The van der Waals surface area contributed by atoms with E-state index in [0.717, 1.165) is 50.0 Å². The molecule has 16 heteroatoms. The van der Waals surface area contributed by atoms with E-state index >= 15 is 8.78 Å². The number of fused-ring (bicyclic) bond motifs is 1. The van der Waals surface area contributed by atoms with Crippen LogP contribution in [0.3, 0.4) is 0 Å². The van der Waals surface area contributed by atoms with Crippen molar-refractivity contribution in [3.8, 4) is 17.2 Å². The van der Waals surface area contributed by atoms with E-state index in [9.17, 15) is 14.7 Å². The molecule has 0 unspecified atom stereocenters. The third kappa shape index (κ3) is 7.22. The van der Waals surface area contributed by atoms with Crippen LogP contribution < -0.4 is 21.1 Å². The molecule has 0 saturated carbocycles. The number of hydrogen-bond acceptors (Lipinski definition) is 10. The van der Waals surface area contributed by atoms with Gasteiger partial charge in [0.2, 0.25) is 0 Å². The highest BCUT2D eigenvalue weighted by Gasteiger charge is 2.47. The summed E-state index contributed by atoms with van der Waals surface area (Å²) in [5.74, 6) is -2.55. The number of aromatic carboxylic acids is 1. The van der Waals surface area contributed by atoms with Crippen LogP contribution in [0.1, 0.15) is 42.2 Å². The quantitative estimate of drug-likeness (QED) is 0.190. The summed E-state index contributed by atoms with van der Waals surface area (Å²) in [6.45, 7) is 3.92. The number of nitrogen functional groups attached to an aromatic ring is 1. The lowest BCUT2D eigenvalue weighted by Crippen LogP contribution is -2.61. The molecule has 8 rings (SSSR count). The van der Waals surface area contributed by atoms with Crippen LogP contribution in [-0.4, -0.2) is 103 Å². The Morgan fingerprint density at radius 3 is 2.35 bits per heavy atom. The van der Waals surface area contributed by atoms with Crippen LogP contribution in [0.25, 0.3) is 16.9 Å². The molecule has 3 fully saturated rings. The van der Waals surface area contributed by atoms with Crippen molar-refractivity contribution in [1.82, 2.24) is 33.9 Å². The van der Waals surface area contributed by atoms with Crippen LogP contribution >= 0.6 is 12.4 Å². The van der Waals surface area contributed by atoms with Crippen molar-refractivity contribution in [3.05, 3.63) is 95.4 Å². The molecule has 3 N–H and O–H groups in total. The van der Waals surface area contributed by atoms with Crippen molar-refractivity contribution in [2.24, 2.45) is 5.92 Å². The molecule has 54 heavy (non-hydrogen) atoms. The van der Waals surface area contributed by atoms with Gasteiger partial charge in [0.05, 0.1) is 17.9 Å². The first-order valence-electron chi connectivity index (χ1n) is 18.0. The summed E-state index contributed by atoms with van der Waals surface area (Å²) in [6.07, 6.45) is 5.59. The van der Waals surface area contributed by atoms with Gasteiger partial charge in [-0.05, 0) is 99.8 Å². The van der Waals surface area contributed by atoms with Crippen LogP contribution in [0.15, 0.2) is 84.0 Å². The molecule has 0 amide bonds. The molecule has 0 aliphatic carbocycles. The topological polar surface area (TPSA) is 148 Å². The first kappa shape index (κ1) is 37.2. The number of para-hydroxylation sites is 1. The fraction of sp³-hybridized carbons (Fsp3) is 0.395. The average Bonchev–Trinajstić information content (AvgIpc) is 3.43. The van der Waals surface area contributed by atoms with Gasteiger partial charge in [-0.15, -0.1) is 12.4 Å². The zero-order valence-electron chi connectivity index (χ0n) is 29.5. The summed E-state index contributed by atoms with van der Waals surface area (Å²) >= 11 is 0. The summed E-state index contributed by atoms with van der Waals surface area (Å²) < 4.78 is 40.5. The zero-order chi connectivity index (χ0) is 36.7. The van der Waals surface area contributed by atoms with Crippen LogP contribution in [0.4, 0.5) is 20.3 Å². The van der Waals surface area contributed by atoms with Crippen LogP contribution in [0, 0.1) is 5.92 Å². The maximum absolute atomic E-state index is 16.1. The third-order valence-electron chi connectivity index (χ3n) is 10.9. The minimum absolute atomic E-state index is 0. The van der Waals surface area contributed by atoms with Crippen molar-refractivity contribution in [2.75, 3.05) is 56.4 Å². The lowest BCUT2D eigenvalue weighted by atomic mass is 9.90. The van der Waals surface area contributed by atoms with Crippen LogP contribution in [-0.2, 0) is 0 Å². The number of carbonyl (C=O) groups is 1. The van der Waals surface area contributed by atoms with E-state index < -0.39 is 30.2 Å². The first-order chi connectivity index (χ1) is 25.7. The van der Waals surface area contributed by atoms with Gasteiger partial charge >= 0.3 is 11.7 Å². The van der Waals surface area contributed by atoms with Gasteiger partial charge < -0.3 is 20.5 Å². The maximum Gasteiger partial charge on any atom is 0.356 e. The number of alkyl halides is 2. The fourth-order valence-electron chi connectivity index (χ4n) is 8.05. The Morgan fingerprint density at radius 2 is 1.65 bits per heavy atom. The molecule has 3 saturated heterocycles. The third-order valence-corrected chi connectivity index (χ3v) is 10.9. The number of likely N-dealkylation sites (tertiary alicyclic amines) is 2. The van der Waals surface area contributed by atoms with Gasteiger partial charge in [0, 0.05) is 31.9 Å². The number of carboxylic acid groups (broad SMARTS) is 1. The molecule has 13 nitrogen and oxygen atoms in total. The van der Waals surface area contributed by atoms with Gasteiger partial charge in [-0.2, -0.15) is 0 Å². The van der Waals surface area contributed by atoms with Crippen molar-refractivity contribution in [3.63, 3.8) is 0 Å². The number of halogens is 3. The Balaban J connectivity index is 0.00000450. The number of hydrogen-bond donors (Lipinski definition) is 2. The largest absolute Gasteiger partial charge is 0.476 e. The summed E-state index contributed by atoms with van der Waals surface area (Å²) in [5, 5.41) is 9.48. The van der Waals surface area contributed by atoms with Crippen molar-refractivity contribution in [2.45, 2.75) is 43.7 Å². The second kappa shape index (κ2) is 15.3. The number of pyridine rings is 1. The standard InChI is InChI=1S/C38H41F2N9O4.ClH/c39-38(40)23-45(17-12-25-13-19-46(20-14-25)27-21-47(22-27)30-7-4-16-42-32(30)36(50)51)18-15-31(38)49-35-33(34(41)43-24-44-35)48(37(49)52)26-8-10-29(11-9-26)53-28-5-2-1-3-6-28;/h1-11,16,24-25,27,31H,12-15,17-23H2,(H,50,51)(H2,41,43,44);1H/t31-;/m1./s1. The predicted molar refractivity (Wildman–Crippen MR) is 202 cm³/mol. The number of nitrogens with two attached hydrogens (primary N) is 1. The Kier molecular flexibility index (Phi) is 10.6. The maximum atomic E-state index is 16.1. The number of ether oxygens (including phenoxy) is 1. The Hall–Kier alpha value is -5.12. The normalized spacial score (nSPS) is 19.7. The lowest BCUT2D eigenvalue weighted by Gasteiger charge is -2.49. The average molecular weight is 762 g/mol. The number of carboxylic acids is 1. The number of rotatable bonds is 10. The second-order valence-electron chi connectivity index (χ2n) is 14.2. The summed E-state index contributed by atoms with van der Waals surface area (Å²) in [4.78, 5) is 44.3. The number of anilines is 2. The minimum Gasteiger partial charge on any atom is -0.476 e. The van der Waals surface area contributed by atoms with E-state index in [1.54, 1.807) is 36.4 Å². The lowest BCUT2D eigenvalue weighted by molar-refractivity contribution is -0.104. The monoisotopic (exact) mass is 761 g/mol. The number of aromatic nitrogens is 5. The van der Waals surface area contributed by atoms with Crippen molar-refractivity contribution < 1.29 is 23.4 Å². The van der Waals surface area contributed by atoms with Gasteiger partial charge in [0.25, 0.3) is 5.92 Å².